The SMILES string of the molecule is C[N+](C)(Cc1ccc(NC(=O)c2cccc(Br)c2)cc1)C1CCCCC1.[Cl-]. The Kier molecular flexibility index (Phi) is 7.90. The zero-order chi connectivity index (χ0) is 18.6. The number of amides is 1. The van der Waals surface area contributed by atoms with Gasteiger partial charge in [0.05, 0.1) is 20.1 Å². The van der Waals surface area contributed by atoms with E-state index in [1.807, 2.05) is 36.4 Å². The number of carbonyl (C=O) groups excluding carboxylic acids is 1. The van der Waals surface area contributed by atoms with Gasteiger partial charge in [0.1, 0.15) is 6.54 Å². The number of nitrogens with zero attached hydrogens (tertiary/aromatic N) is 1. The molecule has 0 saturated heterocycles. The molecule has 0 atom stereocenters. The Labute approximate surface area is 177 Å². The molecule has 146 valence electrons. The predicted octanol–water partition coefficient (Wildman–Crippen LogP) is 2.61. The Morgan fingerprint density at radius 1 is 1.07 bits per heavy atom. The summed E-state index contributed by atoms with van der Waals surface area (Å²) >= 11 is 3.40. The van der Waals surface area contributed by atoms with Crippen molar-refractivity contribution in [2.75, 3.05) is 19.4 Å². The van der Waals surface area contributed by atoms with Gasteiger partial charge >= 0.3 is 0 Å². The molecule has 0 bridgehead atoms. The lowest BCUT2D eigenvalue weighted by Gasteiger charge is -2.40. The highest BCUT2D eigenvalue weighted by Gasteiger charge is 2.29. The lowest BCUT2D eigenvalue weighted by Crippen LogP contribution is -3.00. The van der Waals surface area contributed by atoms with E-state index in [1.165, 1.54) is 37.7 Å². The van der Waals surface area contributed by atoms with E-state index < -0.39 is 0 Å². The lowest BCUT2D eigenvalue weighted by atomic mass is 9.92. The molecular weight excluding hydrogens is 424 g/mol. The van der Waals surface area contributed by atoms with Gasteiger partial charge in [-0.15, -0.1) is 0 Å². The van der Waals surface area contributed by atoms with Crippen molar-refractivity contribution in [2.24, 2.45) is 0 Å². The van der Waals surface area contributed by atoms with E-state index in [9.17, 15) is 4.79 Å². The second-order valence-corrected chi connectivity index (χ2v) is 8.81. The van der Waals surface area contributed by atoms with Crippen LogP contribution in [0.5, 0.6) is 0 Å². The van der Waals surface area contributed by atoms with Crippen LogP contribution in [0.15, 0.2) is 53.0 Å². The first-order chi connectivity index (χ1) is 12.4. The normalized spacial score (nSPS) is 15.1. The summed E-state index contributed by atoms with van der Waals surface area (Å²) in [4.78, 5) is 12.4. The van der Waals surface area contributed by atoms with Crippen LogP contribution >= 0.6 is 15.9 Å². The van der Waals surface area contributed by atoms with Crippen LogP contribution in [-0.4, -0.2) is 30.5 Å². The van der Waals surface area contributed by atoms with E-state index in [0.29, 0.717) is 5.56 Å². The Balaban J connectivity index is 0.00000261. The highest BCUT2D eigenvalue weighted by atomic mass is 79.9. The lowest BCUT2D eigenvalue weighted by molar-refractivity contribution is -0.929. The van der Waals surface area contributed by atoms with Gasteiger partial charge in [0.15, 0.2) is 0 Å². The number of hydrogen-bond donors (Lipinski definition) is 1. The van der Waals surface area contributed by atoms with Crippen LogP contribution in [0.4, 0.5) is 5.69 Å². The molecule has 5 heteroatoms. The van der Waals surface area contributed by atoms with Gasteiger partial charge < -0.3 is 22.2 Å². The smallest absolute Gasteiger partial charge is 0.255 e. The molecule has 1 amide bonds. The summed E-state index contributed by atoms with van der Waals surface area (Å²) in [5.74, 6) is -0.0858. The first-order valence-corrected chi connectivity index (χ1v) is 10.2. The minimum Gasteiger partial charge on any atom is -1.00 e. The number of carbonyl (C=O) groups is 1. The Bertz CT molecular complexity index is 755. The first-order valence-electron chi connectivity index (χ1n) is 9.42. The van der Waals surface area contributed by atoms with Gasteiger partial charge in [-0.25, -0.2) is 0 Å². The van der Waals surface area contributed by atoms with E-state index in [1.54, 1.807) is 0 Å². The number of rotatable bonds is 5. The van der Waals surface area contributed by atoms with Crippen LogP contribution < -0.4 is 17.7 Å². The fraction of sp³-hybridized carbons (Fsp3) is 0.409. The van der Waals surface area contributed by atoms with Gasteiger partial charge in [-0.2, -0.15) is 0 Å². The molecule has 0 heterocycles. The fourth-order valence-electron chi connectivity index (χ4n) is 3.91. The molecule has 3 rings (SSSR count). The second-order valence-electron chi connectivity index (χ2n) is 7.89. The average Bonchev–Trinajstić information content (AvgIpc) is 2.64. The van der Waals surface area contributed by atoms with Crippen molar-refractivity contribution in [1.29, 1.82) is 0 Å². The minimum absolute atomic E-state index is 0. The van der Waals surface area contributed by atoms with Crippen molar-refractivity contribution < 1.29 is 21.7 Å². The first kappa shape index (κ1) is 21.9. The molecule has 0 spiro atoms. The van der Waals surface area contributed by atoms with E-state index in [4.69, 9.17) is 0 Å². The van der Waals surface area contributed by atoms with Gasteiger partial charge in [0.2, 0.25) is 0 Å². The van der Waals surface area contributed by atoms with Crippen molar-refractivity contribution >= 4 is 27.5 Å². The second kappa shape index (κ2) is 9.72. The fourth-order valence-corrected chi connectivity index (χ4v) is 4.31. The molecule has 2 aromatic rings. The molecule has 1 aliphatic rings. The third-order valence-corrected chi connectivity index (χ3v) is 5.95. The van der Waals surface area contributed by atoms with Gasteiger partial charge in [-0.1, -0.05) is 40.5 Å². The number of anilines is 1. The summed E-state index contributed by atoms with van der Waals surface area (Å²) in [7, 11) is 4.69. The molecular formula is C22H28BrClN2O. The van der Waals surface area contributed by atoms with Crippen molar-refractivity contribution in [3.05, 3.63) is 64.1 Å². The largest absolute Gasteiger partial charge is 1.00 e. The molecule has 27 heavy (non-hydrogen) atoms. The highest BCUT2D eigenvalue weighted by Crippen LogP contribution is 2.27. The van der Waals surface area contributed by atoms with Crippen molar-refractivity contribution in [2.45, 2.75) is 44.7 Å². The highest BCUT2D eigenvalue weighted by molar-refractivity contribution is 9.10. The van der Waals surface area contributed by atoms with Gasteiger partial charge in [-0.05, 0) is 56.0 Å². The Morgan fingerprint density at radius 2 is 1.74 bits per heavy atom. The average molecular weight is 452 g/mol. The van der Waals surface area contributed by atoms with Gasteiger partial charge in [0, 0.05) is 21.3 Å². The molecule has 1 N–H and O–H groups in total. The molecule has 0 aliphatic heterocycles. The van der Waals surface area contributed by atoms with Gasteiger partial charge in [0.25, 0.3) is 5.91 Å². The van der Waals surface area contributed by atoms with Crippen LogP contribution in [0.1, 0.15) is 48.0 Å². The Morgan fingerprint density at radius 3 is 2.37 bits per heavy atom. The summed E-state index contributed by atoms with van der Waals surface area (Å²) in [5, 5.41) is 2.97. The molecule has 1 saturated carbocycles. The van der Waals surface area contributed by atoms with Crippen LogP contribution in [0, 0.1) is 0 Å². The summed E-state index contributed by atoms with van der Waals surface area (Å²) in [5.41, 5.74) is 2.81. The molecule has 0 aromatic heterocycles. The van der Waals surface area contributed by atoms with E-state index in [-0.39, 0.29) is 18.3 Å². The topological polar surface area (TPSA) is 29.1 Å². The maximum absolute atomic E-state index is 12.4. The third kappa shape index (κ3) is 6.06. The molecule has 1 fully saturated rings. The minimum atomic E-state index is -0.0858. The van der Waals surface area contributed by atoms with E-state index >= 15 is 0 Å². The maximum atomic E-state index is 12.4. The standard InChI is InChI=1S/C22H27BrN2O.ClH/c1-25(2,21-9-4-3-5-10-21)16-17-11-13-20(14-12-17)24-22(26)18-7-6-8-19(23)15-18;/h6-8,11-15,21H,3-5,9-10,16H2,1-2H3;1H. The van der Waals surface area contributed by atoms with Crippen LogP contribution in [0.3, 0.4) is 0 Å². The molecule has 1 aliphatic carbocycles. The number of halogens is 2. The van der Waals surface area contributed by atoms with Crippen LogP contribution in [0.2, 0.25) is 0 Å². The Hall–Kier alpha value is -1.36. The zero-order valence-corrected chi connectivity index (χ0v) is 18.4. The summed E-state index contributed by atoms with van der Waals surface area (Å²) in [6.45, 7) is 1.03. The number of nitrogens with one attached hydrogen (secondary N) is 1. The number of benzene rings is 2. The molecule has 0 unspecified atom stereocenters. The number of hydrogen-bond acceptors (Lipinski definition) is 1. The monoisotopic (exact) mass is 450 g/mol. The molecule has 0 radical (unpaired) electrons. The van der Waals surface area contributed by atoms with Crippen molar-refractivity contribution in [3.8, 4) is 0 Å². The van der Waals surface area contributed by atoms with Crippen molar-refractivity contribution in [3.63, 3.8) is 0 Å². The summed E-state index contributed by atoms with van der Waals surface area (Å²) in [6.07, 6.45) is 6.81. The van der Waals surface area contributed by atoms with Gasteiger partial charge in [-0.3, -0.25) is 4.79 Å². The third-order valence-electron chi connectivity index (χ3n) is 5.45. The predicted molar refractivity (Wildman–Crippen MR) is 111 cm³/mol. The maximum Gasteiger partial charge on any atom is 0.255 e. The summed E-state index contributed by atoms with van der Waals surface area (Å²) < 4.78 is 1.95. The van der Waals surface area contributed by atoms with E-state index in [0.717, 1.165) is 27.2 Å². The van der Waals surface area contributed by atoms with E-state index in [2.05, 4.69) is 47.5 Å². The number of quaternary nitrogens is 1. The molecule has 3 nitrogen and oxygen atoms in total. The summed E-state index contributed by atoms with van der Waals surface area (Å²) in [6, 6.07) is 16.5. The van der Waals surface area contributed by atoms with Crippen LogP contribution in [-0.2, 0) is 6.54 Å². The molecule has 2 aromatic carbocycles. The van der Waals surface area contributed by atoms with Crippen molar-refractivity contribution in [1.82, 2.24) is 0 Å². The quantitative estimate of drug-likeness (QED) is 0.696. The van der Waals surface area contributed by atoms with Crippen LogP contribution in [0.25, 0.3) is 0 Å². The zero-order valence-electron chi connectivity index (χ0n) is 16.1.